The van der Waals surface area contributed by atoms with Gasteiger partial charge in [-0.1, -0.05) is 55.8 Å². The number of urea groups is 1. The predicted octanol–water partition coefficient (Wildman–Crippen LogP) is 4.56. The van der Waals surface area contributed by atoms with Crippen LogP contribution in [-0.4, -0.2) is 66.6 Å². The summed E-state index contributed by atoms with van der Waals surface area (Å²) < 4.78 is 20.3. The number of piperidine rings is 1. The van der Waals surface area contributed by atoms with Gasteiger partial charge in [0.05, 0.1) is 22.8 Å². The molecule has 2 amide bonds. The van der Waals surface area contributed by atoms with Gasteiger partial charge in [0, 0.05) is 44.8 Å². The lowest BCUT2D eigenvalue weighted by Gasteiger charge is -2.43. The first-order chi connectivity index (χ1) is 17.8. The lowest BCUT2D eigenvalue weighted by atomic mass is 9.74. The molecule has 1 aliphatic heterocycles. The molecule has 7 nitrogen and oxygen atoms in total. The Morgan fingerprint density at radius 1 is 1.27 bits per heavy atom. The quantitative estimate of drug-likeness (QED) is 0.290. The second-order valence-electron chi connectivity index (χ2n) is 10.9. The number of nitrogens with one attached hydrogen (secondary N) is 1. The van der Waals surface area contributed by atoms with E-state index in [1.807, 2.05) is 0 Å². The van der Waals surface area contributed by atoms with Crippen LogP contribution in [0, 0.1) is 17.7 Å². The van der Waals surface area contributed by atoms with Crippen molar-refractivity contribution >= 4 is 17.6 Å². The first kappa shape index (κ1) is 30.1. The Hall–Kier alpha value is -1.45. The van der Waals surface area contributed by atoms with E-state index < -0.39 is 23.6 Å². The summed E-state index contributed by atoms with van der Waals surface area (Å²) in [7, 11) is 1.63. The van der Waals surface area contributed by atoms with Gasteiger partial charge < -0.3 is 30.9 Å². The van der Waals surface area contributed by atoms with Crippen LogP contribution in [0.25, 0.3) is 0 Å². The van der Waals surface area contributed by atoms with E-state index in [1.165, 1.54) is 25.3 Å². The highest BCUT2D eigenvalue weighted by molar-refractivity contribution is 6.30. The van der Waals surface area contributed by atoms with E-state index in [2.05, 4.69) is 5.32 Å². The normalized spacial score (nSPS) is 22.3. The second kappa shape index (κ2) is 14.6. The number of methoxy groups -OCH3 is 1. The van der Waals surface area contributed by atoms with E-state index in [1.54, 1.807) is 24.1 Å². The highest BCUT2D eigenvalue weighted by Gasteiger charge is 2.43. The van der Waals surface area contributed by atoms with Gasteiger partial charge in [-0.25, -0.2) is 9.18 Å². The SMILES string of the molecule is COCCCC[C@@](O)(c1cccc(Cl)c1F)C1CCCN(C(=O)N[C@@H](CC2CCCCC2)[C@@H](O)CN)C1. The molecule has 3 rings (SSSR count). The number of carbonyl (C=O) groups is 1. The van der Waals surface area contributed by atoms with Crippen LogP contribution in [0.3, 0.4) is 0 Å². The van der Waals surface area contributed by atoms with Crippen molar-refractivity contribution in [2.75, 3.05) is 33.4 Å². The van der Waals surface area contributed by atoms with Crippen LogP contribution in [0.15, 0.2) is 18.2 Å². The number of nitrogens with two attached hydrogens (primary N) is 1. The topological polar surface area (TPSA) is 108 Å². The summed E-state index contributed by atoms with van der Waals surface area (Å²) in [5.41, 5.74) is 4.47. The third-order valence-electron chi connectivity index (χ3n) is 8.29. The summed E-state index contributed by atoms with van der Waals surface area (Å²) in [5, 5.41) is 25.6. The first-order valence-electron chi connectivity index (χ1n) is 13.9. The molecule has 2 fully saturated rings. The number of amides is 2. The van der Waals surface area contributed by atoms with Crippen LogP contribution in [0.2, 0.25) is 5.02 Å². The molecule has 1 aliphatic carbocycles. The van der Waals surface area contributed by atoms with Crippen LogP contribution in [-0.2, 0) is 10.3 Å². The first-order valence-corrected chi connectivity index (χ1v) is 14.3. The molecule has 1 aromatic rings. The summed E-state index contributed by atoms with van der Waals surface area (Å²) >= 11 is 6.09. The van der Waals surface area contributed by atoms with Gasteiger partial charge in [-0.05, 0) is 50.5 Å². The molecular weight excluding hydrogens is 497 g/mol. The van der Waals surface area contributed by atoms with E-state index in [4.69, 9.17) is 22.1 Å². The maximum Gasteiger partial charge on any atom is 0.317 e. The third kappa shape index (κ3) is 8.02. The molecule has 5 N–H and O–H groups in total. The summed E-state index contributed by atoms with van der Waals surface area (Å²) in [6.45, 7) is 1.46. The fraction of sp³-hybridized carbons (Fsp3) is 0.750. The average molecular weight is 542 g/mol. The molecule has 1 unspecified atom stereocenters. The minimum atomic E-state index is -1.47. The van der Waals surface area contributed by atoms with Crippen LogP contribution < -0.4 is 11.1 Å². The van der Waals surface area contributed by atoms with Gasteiger partial charge in [0.1, 0.15) is 5.82 Å². The van der Waals surface area contributed by atoms with Gasteiger partial charge in [-0.3, -0.25) is 0 Å². The molecule has 210 valence electrons. The molecule has 2 aliphatic rings. The third-order valence-corrected chi connectivity index (χ3v) is 8.58. The van der Waals surface area contributed by atoms with Crippen molar-refractivity contribution in [2.45, 2.75) is 88.4 Å². The van der Waals surface area contributed by atoms with E-state index in [-0.39, 0.29) is 35.6 Å². The van der Waals surface area contributed by atoms with Crippen molar-refractivity contribution in [1.29, 1.82) is 0 Å². The number of hydrogen-bond acceptors (Lipinski definition) is 5. The Morgan fingerprint density at radius 3 is 2.73 bits per heavy atom. The summed E-state index contributed by atoms with van der Waals surface area (Å²) in [4.78, 5) is 15.1. The van der Waals surface area contributed by atoms with Crippen LogP contribution in [0.5, 0.6) is 0 Å². The molecule has 0 bridgehead atoms. The van der Waals surface area contributed by atoms with Crippen molar-refractivity contribution in [3.05, 3.63) is 34.6 Å². The Labute approximate surface area is 225 Å². The van der Waals surface area contributed by atoms with E-state index in [9.17, 15) is 15.0 Å². The Bertz CT molecular complexity index is 857. The highest BCUT2D eigenvalue weighted by Crippen LogP contribution is 2.42. The van der Waals surface area contributed by atoms with Gasteiger partial charge in [0.2, 0.25) is 0 Å². The zero-order valence-electron chi connectivity index (χ0n) is 22.1. The largest absolute Gasteiger partial charge is 0.390 e. The number of benzene rings is 1. The van der Waals surface area contributed by atoms with Gasteiger partial charge >= 0.3 is 6.03 Å². The zero-order valence-corrected chi connectivity index (χ0v) is 22.9. The van der Waals surface area contributed by atoms with E-state index >= 15 is 4.39 Å². The molecule has 4 atom stereocenters. The molecule has 37 heavy (non-hydrogen) atoms. The standard InChI is InChI=1S/C28H45ClFN3O4/c1-37-16-6-5-14-28(36,22-12-7-13-23(29)26(22)30)21-11-8-15-33(19-21)27(35)32-24(25(34)18-31)17-20-9-3-2-4-10-20/h7,12-13,20-21,24-25,34,36H,2-6,8-11,14-19,31H2,1H3,(H,32,35)/t21?,24-,25-,28-/m0/s1. The zero-order chi connectivity index (χ0) is 26.8. The van der Waals surface area contributed by atoms with E-state index in [0.29, 0.717) is 51.2 Å². The highest BCUT2D eigenvalue weighted by atomic mass is 35.5. The maximum atomic E-state index is 15.2. The number of nitrogens with zero attached hydrogens (tertiary/aromatic N) is 1. The summed E-state index contributed by atoms with van der Waals surface area (Å²) in [6, 6.07) is 4.03. The molecule has 1 heterocycles. The van der Waals surface area contributed by atoms with Crippen molar-refractivity contribution in [1.82, 2.24) is 10.2 Å². The minimum Gasteiger partial charge on any atom is -0.390 e. The smallest absolute Gasteiger partial charge is 0.317 e. The Kier molecular flexibility index (Phi) is 11.9. The fourth-order valence-electron chi connectivity index (χ4n) is 6.10. The van der Waals surface area contributed by atoms with Crippen LogP contribution >= 0.6 is 11.6 Å². The molecule has 1 saturated heterocycles. The van der Waals surface area contributed by atoms with Gasteiger partial charge in [0.25, 0.3) is 0 Å². The Balaban J connectivity index is 1.74. The number of ether oxygens (including phenoxy) is 1. The Morgan fingerprint density at radius 2 is 2.03 bits per heavy atom. The summed E-state index contributed by atoms with van der Waals surface area (Å²) in [6.07, 6.45) is 8.77. The molecule has 9 heteroatoms. The molecule has 0 radical (unpaired) electrons. The lowest BCUT2D eigenvalue weighted by molar-refractivity contribution is -0.0589. The number of aliphatic hydroxyl groups is 2. The van der Waals surface area contributed by atoms with Crippen molar-refractivity contribution in [3.8, 4) is 0 Å². The van der Waals surface area contributed by atoms with Crippen molar-refractivity contribution in [2.24, 2.45) is 17.6 Å². The monoisotopic (exact) mass is 541 g/mol. The number of aliphatic hydroxyl groups excluding tert-OH is 1. The lowest BCUT2D eigenvalue weighted by Crippen LogP contribution is -2.55. The minimum absolute atomic E-state index is 0.0282. The molecule has 1 aromatic carbocycles. The second-order valence-corrected chi connectivity index (χ2v) is 11.3. The number of unbranched alkanes of at least 4 members (excludes halogenated alkanes) is 1. The molecular formula is C28H45ClFN3O4. The molecule has 1 saturated carbocycles. The van der Waals surface area contributed by atoms with Gasteiger partial charge in [-0.15, -0.1) is 0 Å². The number of likely N-dealkylation sites (tertiary alicyclic amines) is 1. The van der Waals surface area contributed by atoms with Crippen molar-refractivity contribution in [3.63, 3.8) is 0 Å². The van der Waals surface area contributed by atoms with Crippen LogP contribution in [0.4, 0.5) is 9.18 Å². The van der Waals surface area contributed by atoms with E-state index in [0.717, 1.165) is 19.3 Å². The predicted molar refractivity (Wildman–Crippen MR) is 144 cm³/mol. The molecule has 0 spiro atoms. The average Bonchev–Trinajstić information content (AvgIpc) is 2.92. The van der Waals surface area contributed by atoms with Gasteiger partial charge in [-0.2, -0.15) is 0 Å². The maximum absolute atomic E-state index is 15.2. The van der Waals surface area contributed by atoms with Crippen molar-refractivity contribution < 1.29 is 24.1 Å². The number of carbonyl (C=O) groups excluding carboxylic acids is 1. The number of halogens is 2. The van der Waals surface area contributed by atoms with Crippen LogP contribution in [0.1, 0.15) is 76.2 Å². The van der Waals surface area contributed by atoms with Gasteiger partial charge in [0.15, 0.2) is 0 Å². The molecule has 0 aromatic heterocycles. The summed E-state index contributed by atoms with van der Waals surface area (Å²) in [5.74, 6) is -0.505. The number of rotatable bonds is 12. The fourth-order valence-corrected chi connectivity index (χ4v) is 6.27. The number of hydrogen-bond donors (Lipinski definition) is 4.